The molecule has 3 rings (SSSR count). The Balaban J connectivity index is 2.00. The van der Waals surface area contributed by atoms with E-state index >= 15 is 0 Å². The van der Waals surface area contributed by atoms with Gasteiger partial charge in [-0.1, -0.05) is 19.9 Å². The topological polar surface area (TPSA) is 50.7 Å². The van der Waals surface area contributed by atoms with E-state index in [9.17, 15) is 4.79 Å². The van der Waals surface area contributed by atoms with Crippen LogP contribution < -0.4 is 5.56 Å². The fraction of sp³-hybridized carbons (Fsp3) is 0.400. The van der Waals surface area contributed by atoms with Crippen molar-refractivity contribution in [3.63, 3.8) is 0 Å². The lowest BCUT2D eigenvalue weighted by molar-refractivity contribution is 0.736. The molecule has 0 fully saturated rings. The van der Waals surface area contributed by atoms with Crippen molar-refractivity contribution in [3.8, 4) is 0 Å². The van der Waals surface area contributed by atoms with Gasteiger partial charge in [-0.25, -0.2) is 0 Å². The van der Waals surface area contributed by atoms with E-state index < -0.39 is 0 Å². The highest BCUT2D eigenvalue weighted by molar-refractivity contribution is 5.83. The molecule has 2 heterocycles. The summed E-state index contributed by atoms with van der Waals surface area (Å²) < 4.78 is 1.94. The van der Waals surface area contributed by atoms with Crippen molar-refractivity contribution in [1.82, 2.24) is 14.8 Å². The summed E-state index contributed by atoms with van der Waals surface area (Å²) in [6.07, 6.45) is 3.90. The number of hydrogen-bond acceptors (Lipinski definition) is 2. The number of aromatic nitrogens is 3. The summed E-state index contributed by atoms with van der Waals surface area (Å²) in [5.41, 5.74) is 7.12. The number of nitrogens with one attached hydrogen (secondary N) is 1. The molecule has 0 amide bonds. The van der Waals surface area contributed by atoms with E-state index in [-0.39, 0.29) is 5.56 Å². The molecule has 24 heavy (non-hydrogen) atoms. The van der Waals surface area contributed by atoms with Crippen LogP contribution in [0.5, 0.6) is 0 Å². The molecule has 0 spiro atoms. The van der Waals surface area contributed by atoms with Gasteiger partial charge in [0.1, 0.15) is 0 Å². The van der Waals surface area contributed by atoms with Gasteiger partial charge >= 0.3 is 0 Å². The van der Waals surface area contributed by atoms with Crippen LogP contribution in [0.1, 0.15) is 47.7 Å². The number of rotatable bonds is 4. The maximum absolute atomic E-state index is 11.6. The van der Waals surface area contributed by atoms with Crippen LogP contribution in [0.2, 0.25) is 0 Å². The van der Waals surface area contributed by atoms with Gasteiger partial charge in [0.15, 0.2) is 0 Å². The zero-order valence-corrected chi connectivity index (χ0v) is 15.1. The van der Waals surface area contributed by atoms with Crippen LogP contribution in [0.15, 0.2) is 29.2 Å². The number of aromatic amines is 1. The molecule has 2 aromatic heterocycles. The second-order valence-corrected chi connectivity index (χ2v) is 6.77. The normalized spacial score (nSPS) is 12.7. The molecule has 1 unspecified atom stereocenters. The van der Waals surface area contributed by atoms with Crippen LogP contribution in [0, 0.1) is 13.8 Å². The third kappa shape index (κ3) is 2.88. The first-order valence-corrected chi connectivity index (χ1v) is 8.54. The van der Waals surface area contributed by atoms with Crippen molar-refractivity contribution >= 4 is 10.9 Å². The molecule has 0 aliphatic heterocycles. The second-order valence-electron chi connectivity index (χ2n) is 6.77. The van der Waals surface area contributed by atoms with Gasteiger partial charge in [0.2, 0.25) is 5.56 Å². The van der Waals surface area contributed by atoms with Crippen LogP contribution in [0.3, 0.4) is 0 Å². The maximum atomic E-state index is 11.6. The Morgan fingerprint density at radius 1 is 1.25 bits per heavy atom. The summed E-state index contributed by atoms with van der Waals surface area (Å²) in [4.78, 5) is 14.6. The average molecular weight is 323 g/mol. The maximum Gasteiger partial charge on any atom is 0.248 e. The average Bonchev–Trinajstić information content (AvgIpc) is 2.87. The van der Waals surface area contributed by atoms with E-state index in [0.717, 1.165) is 24.1 Å². The first kappa shape index (κ1) is 16.5. The van der Waals surface area contributed by atoms with E-state index in [1.165, 1.54) is 27.6 Å². The van der Waals surface area contributed by atoms with Crippen molar-refractivity contribution in [1.29, 1.82) is 0 Å². The first-order chi connectivity index (χ1) is 11.4. The molecule has 126 valence electrons. The fourth-order valence-corrected chi connectivity index (χ4v) is 3.87. The Kier molecular flexibility index (Phi) is 4.31. The molecule has 1 aromatic carbocycles. The van der Waals surface area contributed by atoms with Crippen molar-refractivity contribution in [2.45, 2.75) is 46.5 Å². The van der Waals surface area contributed by atoms with E-state index in [4.69, 9.17) is 0 Å². The number of hydrogen-bond donors (Lipinski definition) is 1. The fourth-order valence-electron chi connectivity index (χ4n) is 3.87. The highest BCUT2D eigenvalue weighted by atomic mass is 16.1. The predicted molar refractivity (Wildman–Crippen MR) is 98.7 cm³/mol. The zero-order chi connectivity index (χ0) is 17.4. The van der Waals surface area contributed by atoms with Crippen LogP contribution in [-0.4, -0.2) is 14.8 Å². The molecular formula is C20H25N3O. The van der Waals surface area contributed by atoms with Crippen molar-refractivity contribution in [3.05, 3.63) is 62.7 Å². The van der Waals surface area contributed by atoms with Crippen molar-refractivity contribution in [2.75, 3.05) is 0 Å². The molecule has 0 aliphatic carbocycles. The standard InChI is InChI=1S/C20H25N3O/c1-6-16-9-15(10-18-17(16)11-21-23(18)5)7-12(2)20-13(3)8-19(24)22-14(20)4/h8-12H,6-7H2,1-5H3,(H,22,24). The van der Waals surface area contributed by atoms with E-state index in [1.54, 1.807) is 6.07 Å². The Hall–Kier alpha value is -2.36. The molecule has 0 aliphatic rings. The first-order valence-electron chi connectivity index (χ1n) is 8.54. The number of H-pyrrole nitrogens is 1. The van der Waals surface area contributed by atoms with Gasteiger partial charge in [0.25, 0.3) is 0 Å². The minimum absolute atomic E-state index is 0.0227. The lowest BCUT2D eigenvalue weighted by Crippen LogP contribution is -2.13. The van der Waals surface area contributed by atoms with Crippen molar-refractivity contribution in [2.24, 2.45) is 7.05 Å². The van der Waals surface area contributed by atoms with Gasteiger partial charge in [-0.05, 0) is 60.9 Å². The van der Waals surface area contributed by atoms with Crippen LogP contribution in [0.4, 0.5) is 0 Å². The zero-order valence-electron chi connectivity index (χ0n) is 15.1. The number of pyridine rings is 1. The summed E-state index contributed by atoms with van der Waals surface area (Å²) in [5, 5.41) is 5.64. The van der Waals surface area contributed by atoms with Gasteiger partial charge in [-0.15, -0.1) is 0 Å². The molecule has 0 saturated carbocycles. The highest BCUT2D eigenvalue weighted by Crippen LogP contribution is 2.28. The van der Waals surface area contributed by atoms with Gasteiger partial charge in [-0.3, -0.25) is 9.48 Å². The molecule has 3 aromatic rings. The minimum atomic E-state index is -0.0227. The van der Waals surface area contributed by atoms with E-state index in [2.05, 4.69) is 36.1 Å². The smallest absolute Gasteiger partial charge is 0.248 e. The van der Waals surface area contributed by atoms with Gasteiger partial charge < -0.3 is 4.98 Å². The Morgan fingerprint density at radius 2 is 2.00 bits per heavy atom. The van der Waals surface area contributed by atoms with Crippen LogP contribution in [0.25, 0.3) is 10.9 Å². The van der Waals surface area contributed by atoms with Crippen LogP contribution >= 0.6 is 0 Å². The van der Waals surface area contributed by atoms with Gasteiger partial charge in [-0.2, -0.15) is 5.10 Å². The third-order valence-corrected chi connectivity index (χ3v) is 4.92. The van der Waals surface area contributed by atoms with Gasteiger partial charge in [0.05, 0.1) is 11.7 Å². The monoisotopic (exact) mass is 323 g/mol. The summed E-state index contributed by atoms with van der Waals surface area (Å²) >= 11 is 0. The largest absolute Gasteiger partial charge is 0.326 e. The van der Waals surface area contributed by atoms with Crippen LogP contribution in [-0.2, 0) is 19.9 Å². The highest BCUT2D eigenvalue weighted by Gasteiger charge is 2.15. The second kappa shape index (κ2) is 6.27. The number of aryl methyl sites for hydroxylation is 4. The Bertz CT molecular complexity index is 923. The lowest BCUT2D eigenvalue weighted by Gasteiger charge is -2.18. The third-order valence-electron chi connectivity index (χ3n) is 4.92. The lowest BCUT2D eigenvalue weighted by atomic mass is 9.89. The Morgan fingerprint density at radius 3 is 2.67 bits per heavy atom. The summed E-state index contributed by atoms with van der Waals surface area (Å²) in [7, 11) is 1.99. The van der Waals surface area contributed by atoms with Gasteiger partial charge in [0, 0.05) is 24.2 Å². The molecular weight excluding hydrogens is 298 g/mol. The van der Waals surface area contributed by atoms with E-state index in [1.807, 2.05) is 31.8 Å². The molecule has 4 heteroatoms. The van der Waals surface area contributed by atoms with E-state index in [0.29, 0.717) is 5.92 Å². The number of fused-ring (bicyclic) bond motifs is 1. The molecule has 4 nitrogen and oxygen atoms in total. The molecule has 1 atom stereocenters. The quantitative estimate of drug-likeness (QED) is 0.794. The minimum Gasteiger partial charge on any atom is -0.326 e. The summed E-state index contributed by atoms with van der Waals surface area (Å²) in [6, 6.07) is 6.24. The molecule has 0 bridgehead atoms. The summed E-state index contributed by atoms with van der Waals surface area (Å²) in [5.74, 6) is 0.345. The van der Waals surface area contributed by atoms with Crippen molar-refractivity contribution < 1.29 is 0 Å². The number of benzene rings is 1. The Labute approximate surface area is 142 Å². The summed E-state index contributed by atoms with van der Waals surface area (Å²) in [6.45, 7) is 8.43. The number of nitrogens with zero attached hydrogens (tertiary/aromatic N) is 2. The molecule has 0 saturated heterocycles. The molecule has 1 N–H and O–H groups in total. The molecule has 0 radical (unpaired) electrons. The SMILES string of the molecule is CCc1cc(CC(C)c2c(C)cc(=O)[nH]c2C)cc2c1cnn2C. The predicted octanol–water partition coefficient (Wildman–Crippen LogP) is 3.79.